The van der Waals surface area contributed by atoms with Gasteiger partial charge in [-0.05, 0) is 80.5 Å². The molecule has 1 aliphatic carbocycles. The summed E-state index contributed by atoms with van der Waals surface area (Å²) in [7, 11) is 0. The van der Waals surface area contributed by atoms with Gasteiger partial charge in [0, 0.05) is 24.5 Å². The molecule has 0 bridgehead atoms. The van der Waals surface area contributed by atoms with Crippen molar-refractivity contribution in [3.63, 3.8) is 0 Å². The highest BCUT2D eigenvalue weighted by Crippen LogP contribution is 2.43. The summed E-state index contributed by atoms with van der Waals surface area (Å²) in [5.74, 6) is -0.0882. The van der Waals surface area contributed by atoms with Gasteiger partial charge in [0.05, 0.1) is 0 Å². The third-order valence-electron chi connectivity index (χ3n) is 7.54. The van der Waals surface area contributed by atoms with Crippen LogP contribution in [0.4, 0.5) is 16.2 Å². The summed E-state index contributed by atoms with van der Waals surface area (Å²) in [5.41, 5.74) is 2.34. The SMILES string of the molecule is Cc1cc(NC(=O)CN2C(=O)NC3(CCC(C(C)(C)C)CC3)C2=O)ccc1N1CCCC1. The lowest BCUT2D eigenvalue weighted by Crippen LogP contribution is -2.50. The largest absolute Gasteiger partial charge is 0.371 e. The molecule has 0 unspecified atom stereocenters. The zero-order chi connectivity index (χ0) is 23.1. The summed E-state index contributed by atoms with van der Waals surface area (Å²) in [6.45, 7) is 10.6. The standard InChI is InChI=1S/C25H36N4O3/c1-17-15-19(7-8-20(17)28-13-5-6-14-28)26-21(30)16-29-22(31)25(27-23(29)32)11-9-18(10-12-25)24(2,3)4/h7-8,15,18H,5-6,9-14,16H2,1-4H3,(H,26,30)(H,27,32). The van der Waals surface area contributed by atoms with Crippen LogP contribution in [0.5, 0.6) is 0 Å². The number of anilines is 2. The van der Waals surface area contributed by atoms with E-state index in [0.717, 1.165) is 36.4 Å². The molecule has 1 aromatic carbocycles. The van der Waals surface area contributed by atoms with Crippen molar-refractivity contribution in [2.24, 2.45) is 11.3 Å². The molecule has 7 nitrogen and oxygen atoms in total. The van der Waals surface area contributed by atoms with Crippen LogP contribution in [0.25, 0.3) is 0 Å². The molecule has 1 saturated carbocycles. The van der Waals surface area contributed by atoms with E-state index in [2.05, 4.69) is 36.3 Å². The third kappa shape index (κ3) is 4.34. The second kappa shape index (κ2) is 8.41. The molecule has 1 aromatic rings. The number of nitrogens with one attached hydrogen (secondary N) is 2. The Labute approximate surface area is 190 Å². The zero-order valence-corrected chi connectivity index (χ0v) is 19.8. The van der Waals surface area contributed by atoms with Crippen LogP contribution in [0, 0.1) is 18.3 Å². The molecule has 3 aliphatic rings. The number of aryl methyl sites for hydroxylation is 1. The first kappa shape index (κ1) is 22.6. The summed E-state index contributed by atoms with van der Waals surface area (Å²) < 4.78 is 0. The van der Waals surface area contributed by atoms with Crippen LogP contribution >= 0.6 is 0 Å². The maximum Gasteiger partial charge on any atom is 0.325 e. The molecule has 174 valence electrons. The van der Waals surface area contributed by atoms with Gasteiger partial charge in [-0.2, -0.15) is 0 Å². The smallest absolute Gasteiger partial charge is 0.325 e. The highest BCUT2D eigenvalue weighted by atomic mass is 16.2. The molecule has 4 amide bonds. The number of nitrogens with zero attached hydrogens (tertiary/aromatic N) is 2. The Kier molecular flexibility index (Phi) is 5.94. The summed E-state index contributed by atoms with van der Waals surface area (Å²) in [4.78, 5) is 41.8. The monoisotopic (exact) mass is 440 g/mol. The van der Waals surface area contributed by atoms with Crippen LogP contribution in [0.3, 0.4) is 0 Å². The van der Waals surface area contributed by atoms with Crippen molar-refractivity contribution in [1.29, 1.82) is 0 Å². The lowest BCUT2D eigenvalue weighted by atomic mass is 9.67. The normalized spacial score (nSPS) is 26.1. The molecule has 0 radical (unpaired) electrons. The van der Waals surface area contributed by atoms with Gasteiger partial charge >= 0.3 is 6.03 Å². The molecule has 2 heterocycles. The number of hydrogen-bond acceptors (Lipinski definition) is 4. The molecule has 0 aromatic heterocycles. The third-order valence-corrected chi connectivity index (χ3v) is 7.54. The number of hydrogen-bond donors (Lipinski definition) is 2. The minimum absolute atomic E-state index is 0.190. The Morgan fingerprint density at radius 2 is 1.81 bits per heavy atom. The first-order chi connectivity index (χ1) is 15.1. The van der Waals surface area contributed by atoms with Gasteiger partial charge in [0.25, 0.3) is 5.91 Å². The van der Waals surface area contributed by atoms with Crippen LogP contribution in [0.2, 0.25) is 0 Å². The van der Waals surface area contributed by atoms with Crippen molar-refractivity contribution in [3.8, 4) is 0 Å². The van der Waals surface area contributed by atoms with E-state index in [0.29, 0.717) is 24.4 Å². The first-order valence-electron chi connectivity index (χ1n) is 11.9. The van der Waals surface area contributed by atoms with Crippen molar-refractivity contribution in [1.82, 2.24) is 10.2 Å². The van der Waals surface area contributed by atoms with E-state index in [9.17, 15) is 14.4 Å². The van der Waals surface area contributed by atoms with Crippen LogP contribution in [-0.4, -0.2) is 47.9 Å². The zero-order valence-electron chi connectivity index (χ0n) is 19.8. The average molecular weight is 441 g/mol. The number of urea groups is 1. The van der Waals surface area contributed by atoms with E-state index in [1.165, 1.54) is 18.5 Å². The van der Waals surface area contributed by atoms with E-state index < -0.39 is 11.6 Å². The number of rotatable bonds is 4. The van der Waals surface area contributed by atoms with E-state index in [-0.39, 0.29) is 23.8 Å². The van der Waals surface area contributed by atoms with E-state index in [4.69, 9.17) is 0 Å². The Morgan fingerprint density at radius 1 is 1.16 bits per heavy atom. The summed E-state index contributed by atoms with van der Waals surface area (Å²) in [5, 5.41) is 5.77. The quantitative estimate of drug-likeness (QED) is 0.692. The highest BCUT2D eigenvalue weighted by Gasteiger charge is 2.53. The van der Waals surface area contributed by atoms with Crippen molar-refractivity contribution in [2.45, 2.75) is 71.8 Å². The molecule has 2 N–H and O–H groups in total. The van der Waals surface area contributed by atoms with Gasteiger partial charge < -0.3 is 15.5 Å². The predicted molar refractivity (Wildman–Crippen MR) is 126 cm³/mol. The lowest BCUT2D eigenvalue weighted by molar-refractivity contribution is -0.135. The molecular formula is C25H36N4O3. The molecule has 1 spiro atoms. The fraction of sp³-hybridized carbons (Fsp3) is 0.640. The number of benzene rings is 1. The van der Waals surface area contributed by atoms with Crippen LogP contribution < -0.4 is 15.5 Å². The number of amides is 4. The number of imide groups is 1. The lowest BCUT2D eigenvalue weighted by Gasteiger charge is -2.40. The van der Waals surface area contributed by atoms with Crippen LogP contribution in [0.15, 0.2) is 18.2 Å². The van der Waals surface area contributed by atoms with Crippen molar-refractivity contribution < 1.29 is 14.4 Å². The fourth-order valence-electron chi connectivity index (χ4n) is 5.53. The van der Waals surface area contributed by atoms with E-state index >= 15 is 0 Å². The van der Waals surface area contributed by atoms with Gasteiger partial charge in [0.2, 0.25) is 5.91 Å². The second-order valence-corrected chi connectivity index (χ2v) is 10.8. The van der Waals surface area contributed by atoms with Gasteiger partial charge in [-0.3, -0.25) is 14.5 Å². The number of carbonyl (C=O) groups excluding carboxylic acids is 3. The Hall–Kier alpha value is -2.57. The predicted octanol–water partition coefficient (Wildman–Crippen LogP) is 4.06. The molecule has 32 heavy (non-hydrogen) atoms. The molecular weight excluding hydrogens is 404 g/mol. The average Bonchev–Trinajstić information content (AvgIpc) is 3.32. The fourth-order valence-corrected chi connectivity index (χ4v) is 5.53. The van der Waals surface area contributed by atoms with Gasteiger partial charge in [-0.25, -0.2) is 4.79 Å². The van der Waals surface area contributed by atoms with Gasteiger partial charge in [-0.15, -0.1) is 0 Å². The molecule has 2 aliphatic heterocycles. The van der Waals surface area contributed by atoms with Crippen molar-refractivity contribution >= 4 is 29.2 Å². The molecule has 3 fully saturated rings. The van der Waals surface area contributed by atoms with Crippen molar-refractivity contribution in [2.75, 3.05) is 29.9 Å². The Morgan fingerprint density at radius 3 is 2.41 bits per heavy atom. The maximum atomic E-state index is 13.1. The first-order valence-corrected chi connectivity index (χ1v) is 11.9. The minimum atomic E-state index is -0.840. The summed E-state index contributed by atoms with van der Waals surface area (Å²) in [6.07, 6.45) is 5.49. The Bertz CT molecular complexity index is 906. The van der Waals surface area contributed by atoms with Gasteiger partial charge in [0.15, 0.2) is 0 Å². The number of carbonyl (C=O) groups is 3. The van der Waals surface area contributed by atoms with Gasteiger partial charge in [-0.1, -0.05) is 20.8 Å². The minimum Gasteiger partial charge on any atom is -0.371 e. The maximum absolute atomic E-state index is 13.1. The Balaban J connectivity index is 1.37. The topological polar surface area (TPSA) is 81.8 Å². The van der Waals surface area contributed by atoms with Crippen LogP contribution in [-0.2, 0) is 9.59 Å². The van der Waals surface area contributed by atoms with Crippen LogP contribution in [0.1, 0.15) is 64.9 Å². The molecule has 4 rings (SSSR count). The molecule has 2 saturated heterocycles. The molecule has 7 heteroatoms. The summed E-state index contributed by atoms with van der Waals surface area (Å²) >= 11 is 0. The van der Waals surface area contributed by atoms with Gasteiger partial charge in [0.1, 0.15) is 12.1 Å². The molecule has 0 atom stereocenters. The highest BCUT2D eigenvalue weighted by molar-refractivity contribution is 6.10. The second-order valence-electron chi connectivity index (χ2n) is 10.8. The summed E-state index contributed by atoms with van der Waals surface area (Å²) in [6, 6.07) is 5.42. The van der Waals surface area contributed by atoms with E-state index in [1.807, 2.05) is 25.1 Å². The van der Waals surface area contributed by atoms with E-state index in [1.54, 1.807) is 0 Å². The van der Waals surface area contributed by atoms with Crippen molar-refractivity contribution in [3.05, 3.63) is 23.8 Å².